The number of rotatable bonds is 1. The highest BCUT2D eigenvalue weighted by Crippen LogP contribution is 2.26. The van der Waals surface area contributed by atoms with Crippen LogP contribution in [0.3, 0.4) is 0 Å². The molecule has 2 aromatic heterocycles. The lowest BCUT2D eigenvalue weighted by Crippen LogP contribution is -2.02. The van der Waals surface area contributed by atoms with Crippen LogP contribution in [-0.2, 0) is 0 Å². The molecule has 4 nitrogen and oxygen atoms in total. The van der Waals surface area contributed by atoms with Crippen molar-refractivity contribution in [2.45, 2.75) is 0 Å². The second-order valence-electron chi connectivity index (χ2n) is 3.71. The minimum absolute atomic E-state index is 0.404. The van der Waals surface area contributed by atoms with Gasteiger partial charge in [-0.3, -0.25) is 0 Å². The number of thiazole rings is 1. The van der Waals surface area contributed by atoms with Gasteiger partial charge in [-0.1, -0.05) is 15.9 Å². The second kappa shape index (κ2) is 4.22. The average Bonchev–Trinajstić information content (AvgIpc) is 2.75. The largest absolute Gasteiger partial charge is 0.422 e. The van der Waals surface area contributed by atoms with Crippen molar-refractivity contribution in [3.8, 4) is 10.6 Å². The topological polar surface area (TPSA) is 69.1 Å². The highest BCUT2D eigenvalue weighted by Gasteiger charge is 2.11. The molecule has 0 saturated carbocycles. The van der Waals surface area contributed by atoms with Gasteiger partial charge in [-0.2, -0.15) is 0 Å². The van der Waals surface area contributed by atoms with Gasteiger partial charge >= 0.3 is 5.63 Å². The Hall–Kier alpha value is -1.66. The Kier molecular flexibility index (Phi) is 2.68. The van der Waals surface area contributed by atoms with E-state index in [1.54, 1.807) is 17.5 Å². The maximum Gasteiger partial charge on any atom is 0.346 e. The molecule has 2 heterocycles. The third kappa shape index (κ3) is 1.93. The van der Waals surface area contributed by atoms with Crippen molar-refractivity contribution in [1.29, 1.82) is 0 Å². The molecule has 90 valence electrons. The smallest absolute Gasteiger partial charge is 0.346 e. The molecule has 0 aliphatic heterocycles. The quantitative estimate of drug-likeness (QED) is 0.698. The normalized spacial score (nSPS) is 10.9. The molecule has 0 spiro atoms. The summed E-state index contributed by atoms with van der Waals surface area (Å²) in [7, 11) is 0. The first kappa shape index (κ1) is 11.4. The number of benzene rings is 1. The summed E-state index contributed by atoms with van der Waals surface area (Å²) in [5.41, 5.74) is 6.14. The van der Waals surface area contributed by atoms with E-state index in [1.165, 1.54) is 11.3 Å². The van der Waals surface area contributed by atoms with Gasteiger partial charge in [0.1, 0.15) is 16.4 Å². The summed E-state index contributed by atoms with van der Waals surface area (Å²) in [6, 6.07) is 7.23. The fourth-order valence-corrected chi connectivity index (χ4v) is 2.74. The SMILES string of the molecule is Nc1csc(-c2cc3cc(Br)ccc3oc2=O)n1. The van der Waals surface area contributed by atoms with E-state index in [9.17, 15) is 4.79 Å². The van der Waals surface area contributed by atoms with Crippen LogP contribution in [0.2, 0.25) is 0 Å². The molecule has 6 heteroatoms. The molecular weight excluding hydrogens is 316 g/mol. The van der Waals surface area contributed by atoms with E-state index < -0.39 is 5.63 Å². The van der Waals surface area contributed by atoms with E-state index in [0.717, 1.165) is 9.86 Å². The van der Waals surface area contributed by atoms with Gasteiger partial charge in [0.2, 0.25) is 0 Å². The zero-order valence-corrected chi connectivity index (χ0v) is 11.4. The van der Waals surface area contributed by atoms with Crippen LogP contribution in [0, 0.1) is 0 Å². The van der Waals surface area contributed by atoms with Crippen LogP contribution in [-0.4, -0.2) is 4.98 Å². The molecular formula is C12H7BrN2O2S. The Morgan fingerprint density at radius 1 is 1.33 bits per heavy atom. The maximum atomic E-state index is 11.9. The van der Waals surface area contributed by atoms with Crippen LogP contribution < -0.4 is 11.4 Å². The summed E-state index contributed by atoms with van der Waals surface area (Å²) in [5, 5.41) is 3.11. The number of nitrogen functional groups attached to an aromatic ring is 1. The number of aromatic nitrogens is 1. The monoisotopic (exact) mass is 322 g/mol. The van der Waals surface area contributed by atoms with Crippen molar-refractivity contribution in [3.05, 3.63) is 44.5 Å². The fourth-order valence-electron chi connectivity index (χ4n) is 1.65. The van der Waals surface area contributed by atoms with Crippen LogP contribution in [0.4, 0.5) is 5.82 Å². The lowest BCUT2D eigenvalue weighted by Gasteiger charge is -1.99. The summed E-state index contributed by atoms with van der Waals surface area (Å²) in [6.45, 7) is 0. The number of nitrogens with zero attached hydrogens (tertiary/aromatic N) is 1. The summed E-state index contributed by atoms with van der Waals surface area (Å²) < 4.78 is 6.19. The van der Waals surface area contributed by atoms with Crippen molar-refractivity contribution < 1.29 is 4.42 Å². The Morgan fingerprint density at radius 3 is 2.89 bits per heavy atom. The Labute approximate surface area is 114 Å². The van der Waals surface area contributed by atoms with Crippen LogP contribution in [0.25, 0.3) is 21.5 Å². The van der Waals surface area contributed by atoms with Crippen molar-refractivity contribution in [2.75, 3.05) is 5.73 Å². The molecule has 1 aromatic carbocycles. The first-order valence-electron chi connectivity index (χ1n) is 5.08. The van der Waals surface area contributed by atoms with Gasteiger partial charge in [0.25, 0.3) is 0 Å². The maximum absolute atomic E-state index is 11.9. The summed E-state index contributed by atoms with van der Waals surface area (Å²) in [4.78, 5) is 16.0. The third-order valence-electron chi connectivity index (χ3n) is 2.45. The van der Waals surface area contributed by atoms with Gasteiger partial charge in [0.15, 0.2) is 0 Å². The molecule has 0 saturated heterocycles. The van der Waals surface area contributed by atoms with Crippen LogP contribution in [0.1, 0.15) is 0 Å². The first-order valence-corrected chi connectivity index (χ1v) is 6.75. The molecule has 0 bridgehead atoms. The fraction of sp³-hybridized carbons (Fsp3) is 0. The number of anilines is 1. The Balaban J connectivity index is 2.29. The van der Waals surface area contributed by atoms with Gasteiger partial charge in [-0.25, -0.2) is 9.78 Å². The van der Waals surface area contributed by atoms with Crippen molar-refractivity contribution in [2.24, 2.45) is 0 Å². The predicted molar refractivity (Wildman–Crippen MR) is 75.7 cm³/mol. The molecule has 2 N–H and O–H groups in total. The minimum Gasteiger partial charge on any atom is -0.422 e. The molecule has 3 rings (SSSR count). The molecule has 0 aliphatic carbocycles. The molecule has 0 amide bonds. The molecule has 3 aromatic rings. The lowest BCUT2D eigenvalue weighted by molar-refractivity contribution is 0.563. The standard InChI is InChI=1S/C12H7BrN2O2S/c13-7-1-2-9-6(3-7)4-8(12(16)17-9)11-15-10(14)5-18-11/h1-5H,14H2. The third-order valence-corrected chi connectivity index (χ3v) is 3.83. The first-order chi connectivity index (χ1) is 8.63. The van der Waals surface area contributed by atoms with E-state index >= 15 is 0 Å². The van der Waals surface area contributed by atoms with Crippen LogP contribution >= 0.6 is 27.3 Å². The molecule has 18 heavy (non-hydrogen) atoms. The lowest BCUT2D eigenvalue weighted by atomic mass is 10.2. The average molecular weight is 323 g/mol. The van der Waals surface area contributed by atoms with Crippen molar-refractivity contribution >= 4 is 44.1 Å². The van der Waals surface area contributed by atoms with Crippen molar-refractivity contribution in [1.82, 2.24) is 4.98 Å². The van der Waals surface area contributed by atoms with Gasteiger partial charge in [-0.05, 0) is 24.3 Å². The van der Waals surface area contributed by atoms with E-state index in [4.69, 9.17) is 10.2 Å². The second-order valence-corrected chi connectivity index (χ2v) is 5.48. The Bertz CT molecular complexity index is 794. The minimum atomic E-state index is -0.404. The van der Waals surface area contributed by atoms with E-state index in [1.807, 2.05) is 12.1 Å². The van der Waals surface area contributed by atoms with Crippen molar-refractivity contribution in [3.63, 3.8) is 0 Å². The van der Waals surface area contributed by atoms with Crippen LogP contribution in [0.15, 0.2) is 43.3 Å². The number of hydrogen-bond donors (Lipinski definition) is 1. The number of fused-ring (bicyclic) bond motifs is 1. The number of hydrogen-bond acceptors (Lipinski definition) is 5. The van der Waals surface area contributed by atoms with Gasteiger partial charge in [-0.15, -0.1) is 11.3 Å². The highest BCUT2D eigenvalue weighted by molar-refractivity contribution is 9.10. The molecule has 0 aliphatic rings. The van der Waals surface area contributed by atoms with Gasteiger partial charge in [0, 0.05) is 15.2 Å². The zero-order chi connectivity index (χ0) is 12.7. The van der Waals surface area contributed by atoms with E-state index in [0.29, 0.717) is 22.0 Å². The summed E-state index contributed by atoms with van der Waals surface area (Å²) >= 11 is 4.70. The van der Waals surface area contributed by atoms with E-state index in [2.05, 4.69) is 20.9 Å². The van der Waals surface area contributed by atoms with E-state index in [-0.39, 0.29) is 0 Å². The zero-order valence-electron chi connectivity index (χ0n) is 9.01. The Morgan fingerprint density at radius 2 is 2.17 bits per heavy atom. The molecule has 0 fully saturated rings. The van der Waals surface area contributed by atoms with Crippen LogP contribution in [0.5, 0.6) is 0 Å². The summed E-state index contributed by atoms with van der Waals surface area (Å²) in [5.74, 6) is 0.406. The van der Waals surface area contributed by atoms with Gasteiger partial charge in [0.05, 0.1) is 5.56 Å². The number of nitrogens with two attached hydrogens (primary N) is 1. The molecule has 0 radical (unpaired) electrons. The molecule has 0 unspecified atom stereocenters. The van der Waals surface area contributed by atoms with Gasteiger partial charge < -0.3 is 10.2 Å². The number of halogens is 1. The highest BCUT2D eigenvalue weighted by atomic mass is 79.9. The molecule has 0 atom stereocenters. The predicted octanol–water partition coefficient (Wildman–Crippen LogP) is 3.26. The summed E-state index contributed by atoms with van der Waals surface area (Å²) in [6.07, 6.45) is 0.